The number of hydrogen-bond donors (Lipinski definition) is 2. The zero-order chi connectivity index (χ0) is 17.4. The molecule has 0 saturated heterocycles. The van der Waals surface area contributed by atoms with Gasteiger partial charge < -0.3 is 7.96 Å². The molecule has 0 aliphatic rings. The number of aliphatic hydroxyl groups is 1. The van der Waals surface area contributed by atoms with Crippen LogP contribution in [0.15, 0.2) is 0 Å². The molecule has 0 amide bonds. The van der Waals surface area contributed by atoms with Crippen molar-refractivity contribution in [2.45, 2.75) is 109 Å². The van der Waals surface area contributed by atoms with Gasteiger partial charge in [0.15, 0.2) is 0 Å². The van der Waals surface area contributed by atoms with E-state index in [0.29, 0.717) is 12.8 Å². The molecule has 0 radical (unpaired) electrons. The Hall–Kier alpha value is 0.636. The molecule has 2 N–H and O–H groups in total. The van der Waals surface area contributed by atoms with Crippen molar-refractivity contribution in [3.8, 4) is 0 Å². The third-order valence-corrected chi connectivity index (χ3v) is 5.14. The van der Waals surface area contributed by atoms with Crippen LogP contribution in [0.1, 0.15) is 106 Å². The zero-order valence-corrected chi connectivity index (χ0v) is 17.9. The van der Waals surface area contributed by atoms with E-state index in [-0.39, 0.29) is 31.7 Å². The van der Waals surface area contributed by atoms with Crippen molar-refractivity contribution in [1.82, 2.24) is 0 Å². The molecule has 24 heavy (non-hydrogen) atoms. The van der Waals surface area contributed by atoms with Crippen molar-refractivity contribution >= 4 is 33.2 Å². The van der Waals surface area contributed by atoms with E-state index in [2.05, 4.69) is 6.92 Å². The van der Waals surface area contributed by atoms with Crippen molar-refractivity contribution in [2.75, 3.05) is 5.75 Å². The first-order chi connectivity index (χ1) is 11.0. The first kappa shape index (κ1) is 26.9. The summed E-state index contributed by atoms with van der Waals surface area (Å²) in [6.45, 7) is 2.25. The minimum Gasteiger partial charge on any atom is -1.00 e. The maximum atomic E-state index is 10.6. The van der Waals surface area contributed by atoms with Gasteiger partial charge in [0.1, 0.15) is 0 Å². The Kier molecular flexibility index (Phi) is 20.6. The maximum absolute atomic E-state index is 10.6. The van der Waals surface area contributed by atoms with Crippen molar-refractivity contribution < 1.29 is 20.9 Å². The topological polar surface area (TPSA) is 74.6 Å². The molecular weight excluding hydrogens is 337 g/mol. The average molecular weight is 377 g/mol. The Morgan fingerprint density at radius 2 is 1.12 bits per heavy atom. The minimum atomic E-state index is -3.88. The van der Waals surface area contributed by atoms with Crippen molar-refractivity contribution in [3.05, 3.63) is 0 Å². The third kappa shape index (κ3) is 22.6. The fourth-order valence-corrected chi connectivity index (χ4v) is 3.40. The largest absolute Gasteiger partial charge is 2.00 e. The molecule has 1 unspecified atom stereocenters. The fourth-order valence-electron chi connectivity index (χ4n) is 2.87. The van der Waals surface area contributed by atoms with E-state index in [1.165, 1.54) is 64.2 Å². The van der Waals surface area contributed by atoms with Gasteiger partial charge in [-0.25, -0.2) is 0 Å². The van der Waals surface area contributed by atoms with Gasteiger partial charge in [-0.3, -0.25) is 4.55 Å². The van der Waals surface area contributed by atoms with Gasteiger partial charge >= 0.3 is 23.1 Å². The normalized spacial score (nSPS) is 12.8. The van der Waals surface area contributed by atoms with Crippen LogP contribution in [0, 0.1) is 0 Å². The molecule has 0 spiro atoms. The molecular formula is C18H40MgO4S. The molecule has 0 aromatic rings. The van der Waals surface area contributed by atoms with Gasteiger partial charge in [0.2, 0.25) is 0 Å². The number of hydrogen-bond acceptors (Lipinski definition) is 3. The zero-order valence-electron chi connectivity index (χ0n) is 17.7. The molecule has 0 aromatic heterocycles. The number of rotatable bonds is 17. The molecule has 144 valence electrons. The predicted molar refractivity (Wildman–Crippen MR) is 105 cm³/mol. The van der Waals surface area contributed by atoms with Crippen LogP contribution in [-0.2, 0) is 10.1 Å². The second-order valence-electron chi connectivity index (χ2n) is 6.76. The van der Waals surface area contributed by atoms with Crippen LogP contribution < -0.4 is 0 Å². The molecule has 0 aromatic carbocycles. The minimum absolute atomic E-state index is 0. The summed E-state index contributed by atoms with van der Waals surface area (Å²) < 4.78 is 29.7. The molecule has 1 atom stereocenters. The van der Waals surface area contributed by atoms with Gasteiger partial charge in [-0.15, -0.1) is 0 Å². The molecule has 0 saturated carbocycles. The van der Waals surface area contributed by atoms with Gasteiger partial charge in [-0.05, 0) is 19.3 Å². The molecule has 4 nitrogen and oxygen atoms in total. The summed E-state index contributed by atoms with van der Waals surface area (Å²) in [6.07, 6.45) is 16.7. The van der Waals surface area contributed by atoms with Gasteiger partial charge in [0.05, 0.1) is 11.9 Å². The summed E-state index contributed by atoms with van der Waals surface area (Å²) in [4.78, 5) is 0. The quantitative estimate of drug-likeness (QED) is 0.214. The van der Waals surface area contributed by atoms with Gasteiger partial charge in [0.25, 0.3) is 10.1 Å². The van der Waals surface area contributed by atoms with E-state index in [1.54, 1.807) is 0 Å². The Morgan fingerprint density at radius 1 is 0.750 bits per heavy atom. The van der Waals surface area contributed by atoms with Crippen LogP contribution in [0.5, 0.6) is 0 Å². The van der Waals surface area contributed by atoms with Crippen LogP contribution >= 0.6 is 0 Å². The molecule has 0 aliphatic carbocycles. The average Bonchev–Trinajstić information content (AvgIpc) is 2.47. The van der Waals surface area contributed by atoms with Crippen LogP contribution in [-0.4, -0.2) is 53.0 Å². The summed E-state index contributed by atoms with van der Waals surface area (Å²) in [5.41, 5.74) is 0. The van der Waals surface area contributed by atoms with E-state index < -0.39 is 16.2 Å². The Balaban J connectivity index is -0.000000807. The van der Waals surface area contributed by atoms with Crippen LogP contribution in [0.4, 0.5) is 0 Å². The molecule has 0 aliphatic heterocycles. The van der Waals surface area contributed by atoms with Crippen LogP contribution in [0.3, 0.4) is 0 Å². The van der Waals surface area contributed by atoms with E-state index in [9.17, 15) is 13.5 Å². The number of aliphatic hydroxyl groups excluding tert-OH is 1. The first-order valence-corrected chi connectivity index (χ1v) is 11.2. The Labute approximate surface area is 169 Å². The fraction of sp³-hybridized carbons (Fsp3) is 1.00. The first-order valence-electron chi connectivity index (χ1n) is 9.59. The summed E-state index contributed by atoms with van der Waals surface area (Å²) in [5, 5.41) is 9.73. The van der Waals surface area contributed by atoms with E-state index in [1.807, 2.05) is 0 Å². The van der Waals surface area contributed by atoms with Gasteiger partial charge in [-0.2, -0.15) is 8.42 Å². The monoisotopic (exact) mass is 376 g/mol. The molecule has 0 fully saturated rings. The third-order valence-electron chi connectivity index (χ3n) is 4.33. The number of unbranched alkanes of at least 4 members (excludes halogenated alkanes) is 11. The maximum Gasteiger partial charge on any atom is 2.00 e. The second kappa shape index (κ2) is 18.4. The Morgan fingerprint density at radius 3 is 1.54 bits per heavy atom. The van der Waals surface area contributed by atoms with E-state index in [4.69, 9.17) is 4.55 Å². The standard InChI is InChI=1S/C18H38O4S.Mg.2H/c1-2-3-4-5-6-7-8-9-10-11-12-13-15-18(19)16-14-17-23(20,21)22;;;/h18-19H,2-17H2,1H3,(H,20,21,22);;;/q;+2;2*-1. The van der Waals surface area contributed by atoms with E-state index >= 15 is 0 Å². The summed E-state index contributed by atoms with van der Waals surface area (Å²) in [5.74, 6) is -0.248. The predicted octanol–water partition coefficient (Wildman–Crippen LogP) is 4.95. The molecule has 0 rings (SSSR count). The summed E-state index contributed by atoms with van der Waals surface area (Å²) in [6, 6.07) is 0. The van der Waals surface area contributed by atoms with E-state index in [0.717, 1.165) is 19.3 Å². The van der Waals surface area contributed by atoms with Gasteiger partial charge in [0, 0.05) is 0 Å². The summed E-state index contributed by atoms with van der Waals surface area (Å²) in [7, 11) is -3.88. The second-order valence-corrected chi connectivity index (χ2v) is 8.33. The summed E-state index contributed by atoms with van der Waals surface area (Å²) >= 11 is 0. The van der Waals surface area contributed by atoms with Crippen molar-refractivity contribution in [1.29, 1.82) is 0 Å². The Bertz CT molecular complexity index is 357. The van der Waals surface area contributed by atoms with Crippen molar-refractivity contribution in [2.24, 2.45) is 0 Å². The smallest absolute Gasteiger partial charge is 1.00 e. The molecule has 6 heteroatoms. The molecule has 0 bridgehead atoms. The van der Waals surface area contributed by atoms with Crippen LogP contribution in [0.2, 0.25) is 0 Å². The van der Waals surface area contributed by atoms with Crippen molar-refractivity contribution in [3.63, 3.8) is 0 Å². The van der Waals surface area contributed by atoms with Gasteiger partial charge in [-0.1, -0.05) is 84.0 Å². The molecule has 0 heterocycles. The SMILES string of the molecule is CCCCCCCCCCCCCCC(O)CCCS(=O)(=O)O.[H-].[H-].[Mg+2]. The van der Waals surface area contributed by atoms with Crippen LogP contribution in [0.25, 0.3) is 0 Å².